The highest BCUT2D eigenvalue weighted by molar-refractivity contribution is 5.91. The van der Waals surface area contributed by atoms with Gasteiger partial charge in [0.2, 0.25) is 12.7 Å². The van der Waals surface area contributed by atoms with E-state index in [1.807, 2.05) is 24.3 Å². The van der Waals surface area contributed by atoms with E-state index in [1.54, 1.807) is 60.8 Å². The predicted molar refractivity (Wildman–Crippen MR) is 153 cm³/mol. The van der Waals surface area contributed by atoms with E-state index in [0.717, 1.165) is 16.5 Å². The lowest BCUT2D eigenvalue weighted by atomic mass is 9.76. The molecule has 10 heteroatoms. The van der Waals surface area contributed by atoms with Gasteiger partial charge in [0.1, 0.15) is 12.0 Å². The second-order valence-electron chi connectivity index (χ2n) is 9.89. The lowest BCUT2D eigenvalue weighted by Crippen LogP contribution is -2.50. The highest BCUT2D eigenvalue weighted by atomic mass is 16.7. The number of rotatable bonds is 9. The highest BCUT2D eigenvalue weighted by Gasteiger charge is 2.49. The first-order valence-electron chi connectivity index (χ1n) is 13.4. The average molecular weight is 565 g/mol. The van der Waals surface area contributed by atoms with E-state index in [1.165, 1.54) is 19.5 Å². The molecule has 0 saturated heterocycles. The predicted octanol–water partition coefficient (Wildman–Crippen LogP) is 3.61. The van der Waals surface area contributed by atoms with Crippen molar-refractivity contribution in [2.45, 2.75) is 24.0 Å². The molecule has 3 N–H and O–H groups in total. The van der Waals surface area contributed by atoms with Crippen molar-refractivity contribution in [2.24, 2.45) is 0 Å². The minimum atomic E-state index is -2.04. The van der Waals surface area contributed by atoms with Gasteiger partial charge in [-0.3, -0.25) is 14.8 Å². The van der Waals surface area contributed by atoms with Gasteiger partial charge in [-0.25, -0.2) is 4.79 Å². The van der Waals surface area contributed by atoms with Gasteiger partial charge >= 0.3 is 5.97 Å². The van der Waals surface area contributed by atoms with Gasteiger partial charge in [0.25, 0.3) is 0 Å². The van der Waals surface area contributed by atoms with Crippen molar-refractivity contribution in [3.63, 3.8) is 0 Å². The Kier molecular flexibility index (Phi) is 7.28. The zero-order chi connectivity index (χ0) is 29.1. The van der Waals surface area contributed by atoms with Crippen LogP contribution >= 0.6 is 0 Å². The van der Waals surface area contributed by atoms with Crippen molar-refractivity contribution in [1.82, 2.24) is 20.3 Å². The van der Waals surface area contributed by atoms with Crippen LogP contribution in [-0.2, 0) is 26.3 Å². The maximum Gasteiger partial charge on any atom is 0.328 e. The summed E-state index contributed by atoms with van der Waals surface area (Å²) in [5, 5.41) is 16.4. The summed E-state index contributed by atoms with van der Waals surface area (Å²) in [5.74, 6) is -1.63. The van der Waals surface area contributed by atoms with Crippen LogP contribution in [0.2, 0.25) is 0 Å². The first-order valence-corrected chi connectivity index (χ1v) is 13.4. The van der Waals surface area contributed by atoms with Gasteiger partial charge in [-0.1, -0.05) is 36.4 Å². The Morgan fingerprint density at radius 3 is 2.36 bits per heavy atom. The zero-order valence-electron chi connectivity index (χ0n) is 22.7. The molecule has 0 spiro atoms. The number of benzene rings is 2. The lowest BCUT2D eigenvalue weighted by molar-refractivity contribution is -0.146. The molecule has 0 bridgehead atoms. The number of nitrogens with zero attached hydrogens (tertiary/aromatic N) is 2. The minimum Gasteiger partial charge on any atom is -0.467 e. The number of ether oxygens (including phenoxy) is 3. The molecule has 6 rings (SSSR count). The van der Waals surface area contributed by atoms with Gasteiger partial charge in [0.05, 0.1) is 18.5 Å². The van der Waals surface area contributed by atoms with Crippen LogP contribution in [0.4, 0.5) is 0 Å². The number of aliphatic hydroxyl groups is 1. The number of para-hydroxylation sites is 1. The number of aromatic amines is 1. The third-order valence-electron chi connectivity index (χ3n) is 7.42. The van der Waals surface area contributed by atoms with Crippen LogP contribution < -0.4 is 14.8 Å². The second kappa shape index (κ2) is 11.3. The number of carbonyl (C=O) groups excluding carboxylic acids is 2. The number of H-pyrrole nitrogens is 1. The van der Waals surface area contributed by atoms with Crippen molar-refractivity contribution in [3.8, 4) is 11.5 Å². The van der Waals surface area contributed by atoms with Crippen LogP contribution in [0.3, 0.4) is 0 Å². The van der Waals surface area contributed by atoms with E-state index in [0.29, 0.717) is 17.1 Å². The van der Waals surface area contributed by atoms with Gasteiger partial charge < -0.3 is 29.6 Å². The van der Waals surface area contributed by atoms with Crippen LogP contribution in [0.25, 0.3) is 10.9 Å². The summed E-state index contributed by atoms with van der Waals surface area (Å²) in [6.07, 6.45) is 5.03. The fourth-order valence-corrected chi connectivity index (χ4v) is 5.39. The molecule has 1 aliphatic heterocycles. The van der Waals surface area contributed by atoms with Crippen LogP contribution in [-0.4, -0.2) is 51.9 Å². The van der Waals surface area contributed by atoms with Crippen molar-refractivity contribution in [2.75, 3.05) is 13.9 Å². The van der Waals surface area contributed by atoms with E-state index in [-0.39, 0.29) is 24.6 Å². The number of fused-ring (bicyclic) bond motifs is 2. The van der Waals surface area contributed by atoms with Crippen LogP contribution in [0.1, 0.15) is 28.4 Å². The summed E-state index contributed by atoms with van der Waals surface area (Å²) in [5.41, 5.74) is 0.500. The SMILES string of the molecule is COC(=O)[C@H](Cc1c[nH]c2ccccc12)NC(=O)C(c1ccc2c(c1)OCO2)C(O)(c1ccccn1)c1ccccn1. The normalized spacial score (nSPS) is 13.9. The number of methoxy groups -OCH3 is 1. The molecule has 2 atom stereocenters. The van der Waals surface area contributed by atoms with Gasteiger partial charge in [-0.15, -0.1) is 0 Å². The monoisotopic (exact) mass is 564 g/mol. The number of amides is 1. The fraction of sp³-hybridized carbons (Fsp3) is 0.188. The summed E-state index contributed by atoms with van der Waals surface area (Å²) < 4.78 is 16.2. The van der Waals surface area contributed by atoms with E-state index >= 15 is 0 Å². The Balaban J connectivity index is 1.45. The summed E-state index contributed by atoms with van der Waals surface area (Å²) in [6.45, 7) is 0.0371. The fourth-order valence-electron chi connectivity index (χ4n) is 5.39. The molecule has 2 aromatic carbocycles. The van der Waals surface area contributed by atoms with Crippen molar-refractivity contribution in [3.05, 3.63) is 120 Å². The summed E-state index contributed by atoms with van der Waals surface area (Å²) in [7, 11) is 1.27. The third kappa shape index (κ3) is 4.92. The third-order valence-corrected chi connectivity index (χ3v) is 7.42. The molecular formula is C32H28N4O6. The van der Waals surface area contributed by atoms with E-state index in [2.05, 4.69) is 20.3 Å². The zero-order valence-corrected chi connectivity index (χ0v) is 22.7. The number of pyridine rings is 2. The van der Waals surface area contributed by atoms with E-state index in [9.17, 15) is 14.7 Å². The molecule has 1 unspecified atom stereocenters. The number of aromatic nitrogens is 3. The Morgan fingerprint density at radius 2 is 1.67 bits per heavy atom. The molecule has 4 heterocycles. The molecule has 0 fully saturated rings. The molecular weight excluding hydrogens is 536 g/mol. The quantitative estimate of drug-likeness (QED) is 0.231. The Hall–Kier alpha value is -5.22. The smallest absolute Gasteiger partial charge is 0.328 e. The minimum absolute atomic E-state index is 0.0371. The van der Waals surface area contributed by atoms with Gasteiger partial charge in [-0.05, 0) is 53.6 Å². The Morgan fingerprint density at radius 1 is 0.976 bits per heavy atom. The first-order chi connectivity index (χ1) is 20.5. The van der Waals surface area contributed by atoms with Crippen LogP contribution in [0, 0.1) is 0 Å². The van der Waals surface area contributed by atoms with Crippen molar-refractivity contribution >= 4 is 22.8 Å². The molecule has 0 radical (unpaired) electrons. The number of carbonyl (C=O) groups is 2. The average Bonchev–Trinajstić information content (AvgIpc) is 3.68. The number of nitrogens with one attached hydrogen (secondary N) is 2. The van der Waals surface area contributed by atoms with Gasteiger partial charge in [-0.2, -0.15) is 0 Å². The van der Waals surface area contributed by atoms with E-state index in [4.69, 9.17) is 14.2 Å². The van der Waals surface area contributed by atoms with Crippen molar-refractivity contribution in [1.29, 1.82) is 0 Å². The maximum absolute atomic E-state index is 14.4. The first kappa shape index (κ1) is 27.0. The van der Waals surface area contributed by atoms with Crippen LogP contribution in [0.5, 0.6) is 11.5 Å². The molecule has 42 heavy (non-hydrogen) atoms. The van der Waals surface area contributed by atoms with Gasteiger partial charge in [0, 0.05) is 35.9 Å². The number of hydrogen-bond donors (Lipinski definition) is 3. The molecule has 1 amide bonds. The molecule has 3 aromatic heterocycles. The van der Waals surface area contributed by atoms with Crippen molar-refractivity contribution < 1.29 is 28.9 Å². The molecule has 1 aliphatic rings. The second-order valence-corrected chi connectivity index (χ2v) is 9.89. The topological polar surface area (TPSA) is 136 Å². The van der Waals surface area contributed by atoms with Crippen LogP contribution in [0.15, 0.2) is 97.5 Å². The molecule has 10 nitrogen and oxygen atoms in total. The summed E-state index contributed by atoms with van der Waals surface area (Å²) in [4.78, 5) is 39.5. The highest BCUT2D eigenvalue weighted by Crippen LogP contribution is 2.44. The Bertz CT molecular complexity index is 1680. The summed E-state index contributed by atoms with van der Waals surface area (Å²) >= 11 is 0. The maximum atomic E-state index is 14.4. The molecule has 212 valence electrons. The van der Waals surface area contributed by atoms with Gasteiger partial charge in [0.15, 0.2) is 17.1 Å². The number of esters is 1. The lowest BCUT2D eigenvalue weighted by Gasteiger charge is -2.35. The van der Waals surface area contributed by atoms with E-state index < -0.39 is 29.4 Å². The molecule has 0 aliphatic carbocycles. The summed E-state index contributed by atoms with van der Waals surface area (Å²) in [6, 6.07) is 21.8. The largest absolute Gasteiger partial charge is 0.467 e. The number of hydrogen-bond acceptors (Lipinski definition) is 8. The standard InChI is InChI=1S/C32H28N4O6/c1-40-31(38)24(16-21-18-35-23-9-3-2-8-22(21)23)36-30(37)29(20-12-13-25-26(17-20)42-19-41-25)32(39,27-10-4-6-14-33-27)28-11-5-7-15-34-28/h2-15,17-18,24,29,35,39H,16,19H2,1H3,(H,36,37)/t24-,29?/m0/s1. The molecule has 5 aromatic rings. The molecule has 0 saturated carbocycles. The Labute approximate surface area is 241 Å².